The summed E-state index contributed by atoms with van der Waals surface area (Å²) in [6.45, 7) is 0. The van der Waals surface area contributed by atoms with Gasteiger partial charge in [0.25, 0.3) is 0 Å². The van der Waals surface area contributed by atoms with E-state index in [2.05, 4.69) is 109 Å². The van der Waals surface area contributed by atoms with Crippen LogP contribution in [0.3, 0.4) is 0 Å². The van der Waals surface area contributed by atoms with Gasteiger partial charge in [-0.3, -0.25) is 0 Å². The quantitative estimate of drug-likeness (QED) is 0.167. The molecule has 0 heterocycles. The van der Waals surface area contributed by atoms with Crippen LogP contribution in [0.1, 0.15) is 0 Å². The SMILES string of the molecule is c1ccc2c(c1)c1cccc3c1c2c1cccc2c4c5ccccc5c5ccccc5c4c3c12. The zero-order valence-electron chi connectivity index (χ0n) is 18.4. The molecule has 0 bridgehead atoms. The highest BCUT2D eigenvalue weighted by Crippen LogP contribution is 2.52. The topological polar surface area (TPSA) is 0 Å². The maximum atomic E-state index is 2.35. The summed E-state index contributed by atoms with van der Waals surface area (Å²) in [4.78, 5) is 0. The Morgan fingerprint density at radius 1 is 0.176 bits per heavy atom. The van der Waals surface area contributed by atoms with Crippen LogP contribution in [0.5, 0.6) is 0 Å². The minimum atomic E-state index is 1.34. The molecule has 0 radical (unpaired) electrons. The Kier molecular flexibility index (Phi) is 2.88. The van der Waals surface area contributed by atoms with Gasteiger partial charge in [0.15, 0.2) is 0 Å². The van der Waals surface area contributed by atoms with Crippen molar-refractivity contribution in [1.82, 2.24) is 0 Å². The molecule has 0 N–H and O–H groups in total. The predicted molar refractivity (Wildman–Crippen MR) is 149 cm³/mol. The molecule has 0 atom stereocenters. The molecule has 0 spiro atoms. The zero-order valence-corrected chi connectivity index (χ0v) is 18.4. The summed E-state index contributed by atoms with van der Waals surface area (Å²) >= 11 is 0. The Labute approximate surface area is 195 Å². The van der Waals surface area contributed by atoms with Crippen LogP contribution in [0.4, 0.5) is 0 Å². The first-order valence-electron chi connectivity index (χ1n) is 12.0. The van der Waals surface area contributed by atoms with Gasteiger partial charge in [0.2, 0.25) is 0 Å². The molecular weight excluding hydrogens is 408 g/mol. The van der Waals surface area contributed by atoms with Crippen molar-refractivity contribution in [2.45, 2.75) is 0 Å². The molecule has 9 aromatic rings. The molecule has 0 aliphatic heterocycles. The van der Waals surface area contributed by atoms with Crippen molar-refractivity contribution < 1.29 is 0 Å². The van der Waals surface area contributed by atoms with Crippen molar-refractivity contribution in [1.29, 1.82) is 0 Å². The van der Waals surface area contributed by atoms with Crippen molar-refractivity contribution in [3.63, 3.8) is 0 Å². The van der Waals surface area contributed by atoms with E-state index in [-0.39, 0.29) is 0 Å². The van der Waals surface area contributed by atoms with Crippen molar-refractivity contribution in [3.05, 3.63) is 109 Å². The van der Waals surface area contributed by atoms with Gasteiger partial charge in [-0.2, -0.15) is 0 Å². The fourth-order valence-corrected chi connectivity index (χ4v) is 6.92. The molecule has 0 nitrogen and oxygen atoms in total. The summed E-state index contributed by atoms with van der Waals surface area (Å²) in [5.41, 5.74) is 0. The molecular formula is C34H18. The second kappa shape index (κ2) is 5.73. The zero-order chi connectivity index (χ0) is 22.0. The van der Waals surface area contributed by atoms with Gasteiger partial charge in [-0.1, -0.05) is 109 Å². The summed E-state index contributed by atoms with van der Waals surface area (Å²) in [6, 6.07) is 40.6. The van der Waals surface area contributed by atoms with Gasteiger partial charge in [-0.15, -0.1) is 0 Å². The second-order valence-corrected chi connectivity index (χ2v) is 9.59. The maximum Gasteiger partial charge on any atom is -0.000718 e. The van der Waals surface area contributed by atoms with E-state index in [1.165, 1.54) is 86.2 Å². The van der Waals surface area contributed by atoms with E-state index in [9.17, 15) is 0 Å². The van der Waals surface area contributed by atoms with Crippen LogP contribution in [-0.2, 0) is 0 Å². The number of benzene rings is 7. The van der Waals surface area contributed by atoms with E-state index >= 15 is 0 Å². The van der Waals surface area contributed by atoms with Crippen LogP contribution in [0, 0.1) is 0 Å². The van der Waals surface area contributed by atoms with E-state index < -0.39 is 0 Å². The minimum Gasteiger partial charge on any atom is -0.0616 e. The fourth-order valence-electron chi connectivity index (χ4n) is 6.92. The normalized spacial score (nSPS) is 12.7. The standard InChI is InChI=1S/C34H18/c1-4-12-22-19(9-1)20-10-2-6-14-25(20)33-31(22)27-17-8-16-26-29-23-13-5-3-11-21(23)24-15-7-18-28(30(24)29)34(33)32(26)27/h1-18H. The molecule has 34 heavy (non-hydrogen) atoms. The van der Waals surface area contributed by atoms with Gasteiger partial charge >= 0.3 is 0 Å². The Bertz CT molecular complexity index is 2270. The summed E-state index contributed by atoms with van der Waals surface area (Å²) < 4.78 is 0. The monoisotopic (exact) mass is 426 g/mol. The van der Waals surface area contributed by atoms with Gasteiger partial charge in [-0.05, 0) is 86.2 Å². The summed E-state index contributed by atoms with van der Waals surface area (Å²) in [6.07, 6.45) is 0. The highest BCUT2D eigenvalue weighted by molar-refractivity contribution is 6.51. The molecule has 0 saturated carbocycles. The van der Waals surface area contributed by atoms with E-state index in [1.807, 2.05) is 0 Å². The van der Waals surface area contributed by atoms with Gasteiger partial charge in [-0.25, -0.2) is 0 Å². The van der Waals surface area contributed by atoms with E-state index in [1.54, 1.807) is 0 Å². The maximum absolute atomic E-state index is 2.35. The molecule has 0 amide bonds. The molecule has 0 unspecified atom stereocenters. The van der Waals surface area contributed by atoms with Crippen molar-refractivity contribution in [2.75, 3.05) is 0 Å². The third-order valence-corrected chi connectivity index (χ3v) is 8.11. The number of hydrogen-bond acceptors (Lipinski definition) is 0. The van der Waals surface area contributed by atoms with Crippen molar-refractivity contribution in [2.24, 2.45) is 0 Å². The largest absolute Gasteiger partial charge is 0.0616 e. The predicted octanol–water partition coefficient (Wildman–Crippen LogP) is 9.79. The average molecular weight is 427 g/mol. The Balaban J connectivity index is 1.77. The lowest BCUT2D eigenvalue weighted by Crippen LogP contribution is -1.81. The van der Waals surface area contributed by atoms with Crippen molar-refractivity contribution in [3.8, 4) is 0 Å². The van der Waals surface area contributed by atoms with E-state index in [0.29, 0.717) is 0 Å². The van der Waals surface area contributed by atoms with Crippen LogP contribution >= 0.6 is 0 Å². The van der Waals surface area contributed by atoms with E-state index in [0.717, 1.165) is 0 Å². The van der Waals surface area contributed by atoms with Crippen LogP contribution in [-0.4, -0.2) is 0 Å². The molecule has 0 aliphatic carbocycles. The number of rotatable bonds is 0. The van der Waals surface area contributed by atoms with Gasteiger partial charge in [0, 0.05) is 0 Å². The Morgan fingerprint density at radius 3 is 0.912 bits per heavy atom. The number of fused-ring (bicyclic) bond motifs is 13. The molecule has 0 saturated heterocycles. The first-order valence-corrected chi connectivity index (χ1v) is 12.0. The van der Waals surface area contributed by atoms with Crippen LogP contribution in [0.2, 0.25) is 0 Å². The Morgan fingerprint density at radius 2 is 0.412 bits per heavy atom. The summed E-state index contributed by atoms with van der Waals surface area (Å²) in [7, 11) is 0. The molecule has 0 aliphatic rings. The lowest BCUT2D eigenvalue weighted by Gasteiger charge is -2.09. The smallest absolute Gasteiger partial charge is 0.000718 e. The first-order chi connectivity index (χ1) is 16.9. The molecule has 0 fully saturated rings. The molecule has 9 rings (SSSR count). The van der Waals surface area contributed by atoms with Gasteiger partial charge in [0.1, 0.15) is 0 Å². The summed E-state index contributed by atoms with van der Waals surface area (Å²) in [5, 5.41) is 22.0. The summed E-state index contributed by atoms with van der Waals surface area (Å²) in [5.74, 6) is 0. The third kappa shape index (κ3) is 1.78. The van der Waals surface area contributed by atoms with Crippen molar-refractivity contribution >= 4 is 86.2 Å². The molecule has 154 valence electrons. The van der Waals surface area contributed by atoms with Gasteiger partial charge < -0.3 is 0 Å². The highest BCUT2D eigenvalue weighted by Gasteiger charge is 2.23. The number of hydrogen-bond donors (Lipinski definition) is 0. The van der Waals surface area contributed by atoms with Crippen LogP contribution in [0.15, 0.2) is 109 Å². The minimum absolute atomic E-state index is 1.34. The molecule has 0 aromatic heterocycles. The lowest BCUT2D eigenvalue weighted by atomic mass is 9.93. The lowest BCUT2D eigenvalue weighted by molar-refractivity contribution is 1.81. The van der Waals surface area contributed by atoms with Crippen LogP contribution < -0.4 is 0 Å². The first kappa shape index (κ1) is 17.1. The highest BCUT2D eigenvalue weighted by atomic mass is 14.3. The van der Waals surface area contributed by atoms with Crippen LogP contribution in [0.25, 0.3) is 86.2 Å². The average Bonchev–Trinajstić information content (AvgIpc) is 3.43. The Hall–Kier alpha value is -4.42. The molecule has 9 aromatic carbocycles. The third-order valence-electron chi connectivity index (χ3n) is 8.11. The molecule has 0 heteroatoms. The van der Waals surface area contributed by atoms with E-state index in [4.69, 9.17) is 0 Å². The second-order valence-electron chi connectivity index (χ2n) is 9.59. The van der Waals surface area contributed by atoms with Gasteiger partial charge in [0.05, 0.1) is 0 Å². The fraction of sp³-hybridized carbons (Fsp3) is 0.